The minimum absolute atomic E-state index is 0.00444. The number of hydrogen-bond acceptors (Lipinski definition) is 6. The Kier molecular flexibility index (Phi) is 8.86. The van der Waals surface area contributed by atoms with Crippen molar-refractivity contribution in [1.82, 2.24) is 15.6 Å². The fourth-order valence-electron chi connectivity index (χ4n) is 5.24. The Morgan fingerprint density at radius 3 is 2.75 bits per heavy atom. The van der Waals surface area contributed by atoms with Crippen LogP contribution in [0, 0.1) is 30.1 Å². The standard InChI is InChI=1S/C27H34ClN5O2S/c1-16-22(13-20(28)15-30-16)31-17(2)24-9-10-25(36-24)27(35)33-23(12-18-5-3-4-6-18)26(34)32-21-8-7-19(11-21)14-29/h9-10,13,15,17-19,21,23,31H,3-8,11-12H2,1-2H3,(H,32,34)(H,33,35). The van der Waals surface area contributed by atoms with E-state index < -0.39 is 6.04 Å². The summed E-state index contributed by atoms with van der Waals surface area (Å²) in [6.45, 7) is 3.95. The molecule has 7 nitrogen and oxygen atoms in total. The molecule has 2 saturated carbocycles. The molecule has 2 aliphatic carbocycles. The van der Waals surface area contributed by atoms with Crippen molar-refractivity contribution in [1.29, 1.82) is 5.26 Å². The fraction of sp³-hybridized carbons (Fsp3) is 0.556. The maximum Gasteiger partial charge on any atom is 0.262 e. The smallest absolute Gasteiger partial charge is 0.262 e. The molecule has 3 N–H and O–H groups in total. The van der Waals surface area contributed by atoms with Crippen LogP contribution in [0.3, 0.4) is 0 Å². The number of anilines is 1. The van der Waals surface area contributed by atoms with Crippen LogP contribution in [0.25, 0.3) is 0 Å². The summed E-state index contributed by atoms with van der Waals surface area (Å²) in [5.41, 5.74) is 1.71. The van der Waals surface area contributed by atoms with E-state index in [9.17, 15) is 14.9 Å². The van der Waals surface area contributed by atoms with Gasteiger partial charge in [0.05, 0.1) is 33.4 Å². The second kappa shape index (κ2) is 12.1. The topological polar surface area (TPSA) is 107 Å². The maximum atomic E-state index is 13.2. The molecule has 2 fully saturated rings. The van der Waals surface area contributed by atoms with Gasteiger partial charge in [0.15, 0.2) is 0 Å². The zero-order valence-electron chi connectivity index (χ0n) is 20.9. The third kappa shape index (κ3) is 6.77. The molecule has 36 heavy (non-hydrogen) atoms. The van der Waals surface area contributed by atoms with Gasteiger partial charge in [-0.2, -0.15) is 5.26 Å². The minimum atomic E-state index is -0.567. The predicted octanol–water partition coefficient (Wildman–Crippen LogP) is 5.77. The molecule has 2 aromatic heterocycles. The normalized spacial score (nSPS) is 21.5. The molecule has 2 amide bonds. The fourth-order valence-corrected chi connectivity index (χ4v) is 6.31. The highest BCUT2D eigenvalue weighted by Gasteiger charge is 2.31. The molecule has 2 aliphatic rings. The predicted molar refractivity (Wildman–Crippen MR) is 143 cm³/mol. The van der Waals surface area contributed by atoms with Crippen molar-refractivity contribution in [2.45, 2.75) is 83.3 Å². The lowest BCUT2D eigenvalue weighted by Crippen LogP contribution is -2.49. The first-order valence-corrected chi connectivity index (χ1v) is 14.0. The maximum absolute atomic E-state index is 13.2. The summed E-state index contributed by atoms with van der Waals surface area (Å²) in [5, 5.41) is 19.3. The minimum Gasteiger partial charge on any atom is -0.376 e. The summed E-state index contributed by atoms with van der Waals surface area (Å²) in [7, 11) is 0. The Hall–Kier alpha value is -2.63. The number of aromatic nitrogens is 1. The van der Waals surface area contributed by atoms with Gasteiger partial charge in [-0.3, -0.25) is 14.6 Å². The molecule has 0 radical (unpaired) electrons. The van der Waals surface area contributed by atoms with Crippen LogP contribution in [0.5, 0.6) is 0 Å². The van der Waals surface area contributed by atoms with Gasteiger partial charge in [-0.15, -0.1) is 11.3 Å². The third-order valence-corrected chi connectivity index (χ3v) is 8.80. The third-order valence-electron chi connectivity index (χ3n) is 7.33. The average Bonchev–Trinajstić information content (AvgIpc) is 3.63. The van der Waals surface area contributed by atoms with Crippen LogP contribution in [0.4, 0.5) is 5.69 Å². The number of hydrogen-bond donors (Lipinski definition) is 3. The zero-order valence-corrected chi connectivity index (χ0v) is 22.4. The van der Waals surface area contributed by atoms with Crippen LogP contribution in [-0.2, 0) is 4.79 Å². The molecule has 9 heteroatoms. The molecule has 0 aromatic carbocycles. The van der Waals surface area contributed by atoms with E-state index >= 15 is 0 Å². The Morgan fingerprint density at radius 2 is 2.03 bits per heavy atom. The zero-order chi connectivity index (χ0) is 25.7. The first-order chi connectivity index (χ1) is 17.3. The number of aryl methyl sites for hydroxylation is 1. The molecule has 2 aromatic rings. The van der Waals surface area contributed by atoms with Crippen LogP contribution in [0.15, 0.2) is 24.4 Å². The number of nitrogens with zero attached hydrogens (tertiary/aromatic N) is 2. The van der Waals surface area contributed by atoms with Crippen LogP contribution in [0.2, 0.25) is 5.02 Å². The molecule has 4 atom stereocenters. The van der Waals surface area contributed by atoms with Gasteiger partial charge in [0.25, 0.3) is 5.91 Å². The van der Waals surface area contributed by atoms with Gasteiger partial charge in [-0.1, -0.05) is 37.3 Å². The molecule has 2 heterocycles. The largest absolute Gasteiger partial charge is 0.376 e. The average molecular weight is 528 g/mol. The summed E-state index contributed by atoms with van der Waals surface area (Å²) in [6.07, 6.45) is 9.15. The second-order valence-electron chi connectivity index (χ2n) is 10.1. The van der Waals surface area contributed by atoms with Gasteiger partial charge in [0.2, 0.25) is 5.91 Å². The van der Waals surface area contributed by atoms with Crippen molar-refractivity contribution in [2.24, 2.45) is 11.8 Å². The molecule has 192 valence electrons. The van der Waals surface area contributed by atoms with Crippen LogP contribution in [0.1, 0.15) is 84.6 Å². The highest BCUT2D eigenvalue weighted by molar-refractivity contribution is 7.14. The van der Waals surface area contributed by atoms with Crippen molar-refractivity contribution in [2.75, 3.05) is 5.32 Å². The van der Waals surface area contributed by atoms with E-state index in [0.717, 1.165) is 41.9 Å². The van der Waals surface area contributed by atoms with E-state index in [-0.39, 0.29) is 29.8 Å². The Bertz CT molecular complexity index is 1120. The summed E-state index contributed by atoms with van der Waals surface area (Å²) in [5.74, 6) is 0.104. The van der Waals surface area contributed by atoms with E-state index in [1.54, 1.807) is 6.20 Å². The van der Waals surface area contributed by atoms with Gasteiger partial charge in [-0.25, -0.2) is 0 Å². The van der Waals surface area contributed by atoms with Crippen molar-refractivity contribution in [3.63, 3.8) is 0 Å². The number of nitriles is 1. The van der Waals surface area contributed by atoms with E-state index in [2.05, 4.69) is 27.0 Å². The quantitative estimate of drug-likeness (QED) is 0.384. The number of nitrogens with one attached hydrogen (secondary N) is 3. The van der Waals surface area contributed by atoms with Crippen molar-refractivity contribution >= 4 is 40.4 Å². The van der Waals surface area contributed by atoms with Gasteiger partial charge in [0.1, 0.15) is 6.04 Å². The van der Waals surface area contributed by atoms with Gasteiger partial charge in [0, 0.05) is 23.0 Å². The summed E-state index contributed by atoms with van der Waals surface area (Å²) >= 11 is 7.51. The van der Waals surface area contributed by atoms with Crippen molar-refractivity contribution in [3.8, 4) is 6.07 Å². The molecule has 4 rings (SSSR count). The molecule has 0 spiro atoms. The molecule has 0 aliphatic heterocycles. The first kappa shape index (κ1) is 26.4. The molecule has 0 bridgehead atoms. The lowest BCUT2D eigenvalue weighted by molar-refractivity contribution is -0.124. The lowest BCUT2D eigenvalue weighted by atomic mass is 9.97. The summed E-state index contributed by atoms with van der Waals surface area (Å²) in [4.78, 5) is 32.3. The number of thiophene rings is 1. The summed E-state index contributed by atoms with van der Waals surface area (Å²) in [6, 6.07) is 7.31. The highest BCUT2D eigenvalue weighted by atomic mass is 35.5. The molecule has 4 unspecified atom stereocenters. The monoisotopic (exact) mass is 527 g/mol. The van der Waals surface area contributed by atoms with Crippen LogP contribution >= 0.6 is 22.9 Å². The lowest BCUT2D eigenvalue weighted by Gasteiger charge is -2.23. The van der Waals surface area contributed by atoms with E-state index in [1.165, 1.54) is 24.2 Å². The van der Waals surface area contributed by atoms with Crippen molar-refractivity contribution in [3.05, 3.63) is 44.9 Å². The van der Waals surface area contributed by atoms with Gasteiger partial charge < -0.3 is 16.0 Å². The number of pyridine rings is 1. The highest BCUT2D eigenvalue weighted by Crippen LogP contribution is 2.31. The number of carbonyl (C=O) groups is 2. The Balaban J connectivity index is 1.40. The molecule has 0 saturated heterocycles. The van der Waals surface area contributed by atoms with Crippen LogP contribution < -0.4 is 16.0 Å². The van der Waals surface area contributed by atoms with Gasteiger partial charge in [-0.05, 0) is 63.6 Å². The van der Waals surface area contributed by atoms with E-state index in [0.29, 0.717) is 28.7 Å². The van der Waals surface area contributed by atoms with Crippen LogP contribution in [-0.4, -0.2) is 28.9 Å². The second-order valence-corrected chi connectivity index (χ2v) is 11.7. The Morgan fingerprint density at radius 1 is 1.25 bits per heavy atom. The first-order valence-electron chi connectivity index (χ1n) is 12.8. The van der Waals surface area contributed by atoms with E-state index in [4.69, 9.17) is 11.6 Å². The SMILES string of the molecule is Cc1ncc(Cl)cc1NC(C)c1ccc(C(=O)NC(CC2CCCC2)C(=O)NC2CCC(C#N)C2)s1. The van der Waals surface area contributed by atoms with E-state index in [1.807, 2.05) is 32.0 Å². The number of carbonyl (C=O) groups excluding carboxylic acids is 2. The summed E-state index contributed by atoms with van der Waals surface area (Å²) < 4.78 is 0. The number of amides is 2. The number of halogens is 1. The molecular formula is C27H34ClN5O2S. The molecular weight excluding hydrogens is 494 g/mol. The van der Waals surface area contributed by atoms with Crippen molar-refractivity contribution < 1.29 is 9.59 Å². The number of rotatable bonds is 9. The van der Waals surface area contributed by atoms with Gasteiger partial charge >= 0.3 is 0 Å². The Labute approximate surface area is 222 Å².